The molecule has 10 nitrogen and oxygen atoms in total. The summed E-state index contributed by atoms with van der Waals surface area (Å²) in [6.45, 7) is 0.375. The van der Waals surface area contributed by atoms with Crippen LogP contribution in [0.5, 0.6) is 0 Å². The fraction of sp³-hybridized carbons (Fsp3) is 0.0435. The van der Waals surface area contributed by atoms with Crippen LogP contribution < -0.4 is 16.0 Å². The second kappa shape index (κ2) is 8.54. The van der Waals surface area contributed by atoms with E-state index in [1.807, 2.05) is 54.6 Å². The summed E-state index contributed by atoms with van der Waals surface area (Å²) in [5.41, 5.74) is 2.79. The number of nitrogens with two attached hydrogens (primary N) is 1. The molecule has 5 rings (SSSR count). The molecule has 4 N–H and O–H groups in total. The lowest BCUT2D eigenvalue weighted by atomic mass is 10.1. The van der Waals surface area contributed by atoms with Crippen molar-refractivity contribution in [3.8, 4) is 22.5 Å². The highest BCUT2D eigenvalue weighted by Gasteiger charge is 2.19. The summed E-state index contributed by atoms with van der Waals surface area (Å²) < 4.78 is 25.2. The van der Waals surface area contributed by atoms with E-state index in [1.165, 1.54) is 6.07 Å². The number of rotatable bonds is 6. The Hall–Kier alpha value is -4.35. The molecule has 4 heterocycles. The molecule has 0 aliphatic heterocycles. The molecule has 34 heavy (non-hydrogen) atoms. The van der Waals surface area contributed by atoms with Gasteiger partial charge in [-0.1, -0.05) is 36.4 Å². The van der Waals surface area contributed by atoms with Gasteiger partial charge in [0.2, 0.25) is 10.0 Å². The van der Waals surface area contributed by atoms with Crippen LogP contribution in [0.1, 0.15) is 5.69 Å². The van der Waals surface area contributed by atoms with Gasteiger partial charge in [-0.15, -0.1) is 5.10 Å². The lowest BCUT2D eigenvalue weighted by Crippen LogP contribution is -2.18. The van der Waals surface area contributed by atoms with Crippen LogP contribution in [0.3, 0.4) is 0 Å². The van der Waals surface area contributed by atoms with Crippen molar-refractivity contribution in [1.29, 1.82) is 0 Å². The van der Waals surface area contributed by atoms with Gasteiger partial charge in [0.1, 0.15) is 5.52 Å². The molecular weight excluding hydrogens is 454 g/mol. The lowest BCUT2D eigenvalue weighted by Gasteiger charge is -2.11. The summed E-state index contributed by atoms with van der Waals surface area (Å²) in [6, 6.07) is 18.4. The molecule has 0 spiro atoms. The van der Waals surface area contributed by atoms with Crippen molar-refractivity contribution in [3.05, 3.63) is 95.3 Å². The molecule has 0 saturated heterocycles. The number of fused-ring (bicyclic) bond motifs is 1. The summed E-state index contributed by atoms with van der Waals surface area (Å²) in [5.74, 6) is 0.498. The normalized spacial score (nSPS) is 11.6. The second-order valence-electron chi connectivity index (χ2n) is 7.47. The molecule has 0 fully saturated rings. The first-order chi connectivity index (χ1) is 16.4. The van der Waals surface area contributed by atoms with Gasteiger partial charge in [-0.05, 0) is 29.8 Å². The number of benzene rings is 1. The van der Waals surface area contributed by atoms with Crippen molar-refractivity contribution in [2.24, 2.45) is 5.14 Å². The molecular formula is C23H19N7O3S. The van der Waals surface area contributed by atoms with E-state index in [9.17, 15) is 13.2 Å². The Balaban J connectivity index is 1.69. The maximum absolute atomic E-state index is 12.5. The smallest absolute Gasteiger partial charge is 0.259 e. The third-order valence-electron chi connectivity index (χ3n) is 5.21. The zero-order valence-corrected chi connectivity index (χ0v) is 18.5. The van der Waals surface area contributed by atoms with E-state index in [2.05, 4.69) is 25.4 Å². The van der Waals surface area contributed by atoms with Crippen molar-refractivity contribution in [2.45, 2.75) is 11.4 Å². The summed E-state index contributed by atoms with van der Waals surface area (Å²) in [5, 5.41) is 13.0. The number of hydrogen-bond acceptors (Lipinski definition) is 7. The van der Waals surface area contributed by atoms with Crippen LogP contribution in [0, 0.1) is 0 Å². The number of aromatic amines is 1. The number of aromatic nitrogens is 5. The Morgan fingerprint density at radius 2 is 1.82 bits per heavy atom. The van der Waals surface area contributed by atoms with Crippen LogP contribution in [-0.4, -0.2) is 33.0 Å². The Labute approximate surface area is 194 Å². The Morgan fingerprint density at radius 3 is 2.56 bits per heavy atom. The van der Waals surface area contributed by atoms with Crippen LogP contribution in [0.2, 0.25) is 0 Å². The molecule has 0 radical (unpaired) electrons. The van der Waals surface area contributed by atoms with E-state index in [1.54, 1.807) is 16.9 Å². The number of hydrogen-bond donors (Lipinski definition) is 3. The molecule has 11 heteroatoms. The minimum Gasteiger partial charge on any atom is -0.363 e. The summed E-state index contributed by atoms with van der Waals surface area (Å²) in [6.07, 6.45) is 4.50. The maximum Gasteiger partial charge on any atom is 0.259 e. The number of H-pyrrole nitrogens is 1. The van der Waals surface area contributed by atoms with Crippen molar-refractivity contribution >= 4 is 21.4 Å². The number of primary sulfonamides is 1. The van der Waals surface area contributed by atoms with E-state index >= 15 is 0 Å². The predicted octanol–water partition coefficient (Wildman–Crippen LogP) is 2.41. The quantitative estimate of drug-likeness (QED) is 0.343. The maximum atomic E-state index is 12.5. The molecule has 1 aromatic carbocycles. The third-order valence-corrected chi connectivity index (χ3v) is 6.10. The highest BCUT2D eigenvalue weighted by Crippen LogP contribution is 2.31. The minimum absolute atomic E-state index is 0.0238. The van der Waals surface area contributed by atoms with Gasteiger partial charge < -0.3 is 10.3 Å². The third kappa shape index (κ3) is 4.17. The van der Waals surface area contributed by atoms with Crippen molar-refractivity contribution in [3.63, 3.8) is 0 Å². The zero-order valence-electron chi connectivity index (χ0n) is 17.7. The van der Waals surface area contributed by atoms with E-state index < -0.39 is 15.6 Å². The monoisotopic (exact) mass is 473 g/mol. The van der Waals surface area contributed by atoms with Crippen LogP contribution >= 0.6 is 0 Å². The molecule has 0 amide bonds. The summed E-state index contributed by atoms with van der Waals surface area (Å²) in [7, 11) is -4.04. The molecule has 0 saturated carbocycles. The van der Waals surface area contributed by atoms with Gasteiger partial charge in [0.05, 0.1) is 22.7 Å². The fourth-order valence-electron chi connectivity index (χ4n) is 3.58. The van der Waals surface area contributed by atoms with Gasteiger partial charge >= 0.3 is 0 Å². The van der Waals surface area contributed by atoms with E-state index in [4.69, 9.17) is 5.14 Å². The molecule has 5 aromatic rings. The standard InChI is InChI=1S/C23H19N7O3S/c24-34(32,33)17-12-19(23(31)27-14-17)21-28-22(26-13-16-8-4-5-10-25-16)20-18(9-11-30(20)29-21)15-6-2-1-3-7-15/h1-12,14H,13H2,(H,27,31)(H2,24,32,33)(H,26,28,29). The van der Waals surface area contributed by atoms with Gasteiger partial charge in [0.25, 0.3) is 5.56 Å². The highest BCUT2D eigenvalue weighted by atomic mass is 32.2. The first-order valence-corrected chi connectivity index (χ1v) is 11.8. The van der Waals surface area contributed by atoms with Gasteiger partial charge in [-0.3, -0.25) is 9.78 Å². The number of pyridine rings is 2. The SMILES string of the molecule is NS(=O)(=O)c1c[nH]c(=O)c(-c2nc(NCc3ccccn3)c3c(-c4ccccc4)ccn3n2)c1. The Bertz CT molecular complexity index is 1650. The zero-order chi connectivity index (χ0) is 23.7. The van der Waals surface area contributed by atoms with Crippen LogP contribution in [-0.2, 0) is 16.6 Å². The molecule has 4 aromatic heterocycles. The molecule has 0 bridgehead atoms. The van der Waals surface area contributed by atoms with Gasteiger partial charge in [-0.25, -0.2) is 23.1 Å². The fourth-order valence-corrected chi connectivity index (χ4v) is 4.09. The van der Waals surface area contributed by atoms with Crippen LogP contribution in [0.15, 0.2) is 88.9 Å². The minimum atomic E-state index is -4.04. The number of anilines is 1. The Kier molecular flexibility index (Phi) is 5.40. The highest BCUT2D eigenvalue weighted by molar-refractivity contribution is 7.89. The largest absolute Gasteiger partial charge is 0.363 e. The predicted molar refractivity (Wildman–Crippen MR) is 127 cm³/mol. The first-order valence-electron chi connectivity index (χ1n) is 10.2. The molecule has 0 aliphatic rings. The van der Waals surface area contributed by atoms with Crippen molar-refractivity contribution in [1.82, 2.24) is 24.6 Å². The van der Waals surface area contributed by atoms with Gasteiger partial charge in [0.15, 0.2) is 11.6 Å². The molecule has 170 valence electrons. The number of nitrogens with zero attached hydrogens (tertiary/aromatic N) is 4. The van der Waals surface area contributed by atoms with Gasteiger partial charge in [0, 0.05) is 24.2 Å². The molecule has 0 atom stereocenters. The van der Waals surface area contributed by atoms with Gasteiger partial charge in [-0.2, -0.15) is 0 Å². The van der Waals surface area contributed by atoms with E-state index in [0.717, 1.165) is 23.0 Å². The Morgan fingerprint density at radius 1 is 1.03 bits per heavy atom. The van der Waals surface area contributed by atoms with Crippen molar-refractivity contribution < 1.29 is 8.42 Å². The average Bonchev–Trinajstić information content (AvgIpc) is 3.27. The summed E-state index contributed by atoms with van der Waals surface area (Å²) >= 11 is 0. The second-order valence-corrected chi connectivity index (χ2v) is 9.03. The molecule has 0 aliphatic carbocycles. The van der Waals surface area contributed by atoms with Crippen LogP contribution in [0.25, 0.3) is 28.0 Å². The summed E-state index contributed by atoms with van der Waals surface area (Å²) in [4.78, 5) is 23.6. The van der Waals surface area contributed by atoms with E-state index in [-0.39, 0.29) is 16.3 Å². The first kappa shape index (κ1) is 21.5. The van der Waals surface area contributed by atoms with E-state index in [0.29, 0.717) is 17.9 Å². The average molecular weight is 474 g/mol. The number of sulfonamides is 1. The van der Waals surface area contributed by atoms with Crippen molar-refractivity contribution in [2.75, 3.05) is 5.32 Å². The lowest BCUT2D eigenvalue weighted by molar-refractivity contribution is 0.597. The van der Waals surface area contributed by atoms with Crippen LogP contribution in [0.4, 0.5) is 5.82 Å². The molecule has 0 unspecified atom stereocenters. The number of nitrogens with one attached hydrogen (secondary N) is 2. The topological polar surface area (TPSA) is 148 Å².